The van der Waals surface area contributed by atoms with Crippen LogP contribution in [0.3, 0.4) is 0 Å². The fourth-order valence-corrected chi connectivity index (χ4v) is 2.23. The average molecular weight is 235 g/mol. The third-order valence-electron chi connectivity index (χ3n) is 2.87. The number of carboxylic acid groups (broad SMARTS) is 2. The molecule has 5 heteroatoms. The lowest BCUT2D eigenvalue weighted by atomic mass is 9.97. The van der Waals surface area contributed by atoms with E-state index in [0.717, 1.165) is 18.4 Å². The highest BCUT2D eigenvalue weighted by Crippen LogP contribution is 2.30. The van der Waals surface area contributed by atoms with Crippen molar-refractivity contribution in [2.75, 3.05) is 18.0 Å². The summed E-state index contributed by atoms with van der Waals surface area (Å²) in [5.74, 6) is -1.96. The zero-order valence-corrected chi connectivity index (χ0v) is 9.22. The number of aromatic carboxylic acids is 1. The molecule has 2 rings (SSSR count). The Hall–Kier alpha value is -2.04. The molecule has 1 aromatic rings. The second-order valence-corrected chi connectivity index (χ2v) is 4.04. The Kier molecular flexibility index (Phi) is 2.99. The van der Waals surface area contributed by atoms with Gasteiger partial charge in [0, 0.05) is 6.54 Å². The van der Waals surface area contributed by atoms with Gasteiger partial charge in [-0.3, -0.25) is 4.79 Å². The lowest BCUT2D eigenvalue weighted by Crippen LogP contribution is -2.35. The fourth-order valence-electron chi connectivity index (χ4n) is 2.23. The van der Waals surface area contributed by atoms with E-state index in [1.165, 1.54) is 6.07 Å². The van der Waals surface area contributed by atoms with Gasteiger partial charge in [-0.15, -0.1) is 0 Å². The Morgan fingerprint density at radius 2 is 2.06 bits per heavy atom. The van der Waals surface area contributed by atoms with Crippen molar-refractivity contribution in [2.45, 2.75) is 12.8 Å². The molecule has 1 heterocycles. The maximum Gasteiger partial charge on any atom is 0.337 e. The number of hydrogen-bond donors (Lipinski definition) is 2. The smallest absolute Gasteiger partial charge is 0.337 e. The van der Waals surface area contributed by atoms with E-state index in [4.69, 9.17) is 10.2 Å². The van der Waals surface area contributed by atoms with E-state index >= 15 is 0 Å². The first-order valence-corrected chi connectivity index (χ1v) is 5.41. The van der Waals surface area contributed by atoms with Gasteiger partial charge in [0.1, 0.15) is 6.54 Å². The molecule has 1 aromatic carbocycles. The number of aryl methyl sites for hydroxylation is 1. The molecule has 0 fully saturated rings. The van der Waals surface area contributed by atoms with Crippen LogP contribution in [0.2, 0.25) is 0 Å². The number of fused-ring (bicyclic) bond motifs is 1. The second kappa shape index (κ2) is 4.45. The molecule has 90 valence electrons. The van der Waals surface area contributed by atoms with Crippen molar-refractivity contribution in [3.8, 4) is 0 Å². The molecule has 0 amide bonds. The van der Waals surface area contributed by atoms with Gasteiger partial charge in [0.15, 0.2) is 0 Å². The van der Waals surface area contributed by atoms with Crippen LogP contribution in [0, 0.1) is 0 Å². The molecule has 0 aromatic heterocycles. The third kappa shape index (κ3) is 2.22. The van der Waals surface area contributed by atoms with Crippen LogP contribution >= 0.6 is 0 Å². The van der Waals surface area contributed by atoms with Gasteiger partial charge in [0.05, 0.1) is 11.3 Å². The molecule has 0 bridgehead atoms. The summed E-state index contributed by atoms with van der Waals surface area (Å²) in [7, 11) is 0. The molecule has 1 aliphatic heterocycles. The zero-order valence-electron chi connectivity index (χ0n) is 9.22. The van der Waals surface area contributed by atoms with Crippen LogP contribution < -0.4 is 4.90 Å². The Morgan fingerprint density at radius 3 is 2.71 bits per heavy atom. The van der Waals surface area contributed by atoms with Crippen molar-refractivity contribution < 1.29 is 19.8 Å². The first-order valence-electron chi connectivity index (χ1n) is 5.41. The summed E-state index contributed by atoms with van der Waals surface area (Å²) in [5, 5.41) is 18.0. The molecule has 0 atom stereocenters. The average Bonchev–Trinajstić information content (AvgIpc) is 2.27. The van der Waals surface area contributed by atoms with Crippen molar-refractivity contribution in [3.05, 3.63) is 29.3 Å². The number of benzene rings is 1. The molecule has 0 spiro atoms. The predicted octanol–water partition coefficient (Wildman–Crippen LogP) is 1.22. The molecular formula is C12H13NO4. The van der Waals surface area contributed by atoms with Crippen molar-refractivity contribution in [3.63, 3.8) is 0 Å². The van der Waals surface area contributed by atoms with E-state index in [9.17, 15) is 9.59 Å². The van der Waals surface area contributed by atoms with Gasteiger partial charge in [0.2, 0.25) is 0 Å². The molecule has 0 radical (unpaired) electrons. The SMILES string of the molecule is O=C(O)CN1CCCc2cccc(C(=O)O)c21. The van der Waals surface area contributed by atoms with E-state index in [1.54, 1.807) is 11.0 Å². The van der Waals surface area contributed by atoms with Crippen LogP contribution in [0.25, 0.3) is 0 Å². The van der Waals surface area contributed by atoms with E-state index < -0.39 is 11.9 Å². The zero-order chi connectivity index (χ0) is 12.4. The molecule has 1 aliphatic rings. The van der Waals surface area contributed by atoms with Gasteiger partial charge in [-0.1, -0.05) is 12.1 Å². The molecule has 0 saturated carbocycles. The molecular weight excluding hydrogens is 222 g/mol. The molecule has 5 nitrogen and oxygen atoms in total. The molecule has 0 saturated heterocycles. The summed E-state index contributed by atoms with van der Waals surface area (Å²) in [5.41, 5.74) is 1.66. The molecule has 2 N–H and O–H groups in total. The van der Waals surface area contributed by atoms with Crippen LogP contribution in [0.1, 0.15) is 22.3 Å². The lowest BCUT2D eigenvalue weighted by molar-refractivity contribution is -0.135. The quantitative estimate of drug-likeness (QED) is 0.823. The number of carbonyl (C=O) groups is 2. The van der Waals surface area contributed by atoms with E-state index in [2.05, 4.69) is 0 Å². The van der Waals surface area contributed by atoms with E-state index in [1.807, 2.05) is 6.07 Å². The minimum absolute atomic E-state index is 0.155. The highest BCUT2D eigenvalue weighted by molar-refractivity contribution is 5.96. The maximum absolute atomic E-state index is 11.1. The summed E-state index contributed by atoms with van der Waals surface area (Å²) in [6.07, 6.45) is 1.65. The second-order valence-electron chi connectivity index (χ2n) is 4.04. The van der Waals surface area contributed by atoms with Gasteiger partial charge < -0.3 is 15.1 Å². The fraction of sp³-hybridized carbons (Fsp3) is 0.333. The molecule has 17 heavy (non-hydrogen) atoms. The number of para-hydroxylation sites is 1. The van der Waals surface area contributed by atoms with Crippen LogP contribution in [0.5, 0.6) is 0 Å². The maximum atomic E-state index is 11.1. The minimum Gasteiger partial charge on any atom is -0.480 e. The number of hydrogen-bond acceptors (Lipinski definition) is 3. The van der Waals surface area contributed by atoms with Gasteiger partial charge >= 0.3 is 11.9 Å². The van der Waals surface area contributed by atoms with Crippen LogP contribution in [0.4, 0.5) is 5.69 Å². The monoisotopic (exact) mass is 235 g/mol. The van der Waals surface area contributed by atoms with Gasteiger partial charge in [0.25, 0.3) is 0 Å². The minimum atomic E-state index is -1.01. The number of aliphatic carboxylic acids is 1. The third-order valence-corrected chi connectivity index (χ3v) is 2.87. The Morgan fingerprint density at radius 1 is 1.29 bits per heavy atom. The summed E-state index contributed by atoms with van der Waals surface area (Å²) in [6.45, 7) is 0.431. The lowest BCUT2D eigenvalue weighted by Gasteiger charge is -2.31. The van der Waals surface area contributed by atoms with Crippen LogP contribution in [0.15, 0.2) is 18.2 Å². The normalized spacial score (nSPS) is 14.2. The number of nitrogens with zero attached hydrogens (tertiary/aromatic N) is 1. The summed E-state index contributed by atoms with van der Waals surface area (Å²) in [6, 6.07) is 5.07. The van der Waals surface area contributed by atoms with Gasteiger partial charge in [-0.05, 0) is 24.5 Å². The molecule has 0 unspecified atom stereocenters. The van der Waals surface area contributed by atoms with Crippen molar-refractivity contribution in [1.82, 2.24) is 0 Å². The summed E-state index contributed by atoms with van der Waals surface area (Å²) < 4.78 is 0. The predicted molar refractivity (Wildman–Crippen MR) is 61.6 cm³/mol. The van der Waals surface area contributed by atoms with E-state index in [-0.39, 0.29) is 12.1 Å². The highest BCUT2D eigenvalue weighted by atomic mass is 16.4. The Balaban J connectivity index is 2.46. The number of anilines is 1. The first kappa shape index (κ1) is 11.4. The van der Waals surface area contributed by atoms with Crippen molar-refractivity contribution in [2.24, 2.45) is 0 Å². The van der Waals surface area contributed by atoms with E-state index in [0.29, 0.717) is 12.2 Å². The Labute approximate surface area is 98.3 Å². The number of carboxylic acids is 2. The van der Waals surface area contributed by atoms with Gasteiger partial charge in [-0.25, -0.2) is 4.79 Å². The first-order chi connectivity index (χ1) is 8.09. The van der Waals surface area contributed by atoms with Crippen LogP contribution in [-0.4, -0.2) is 35.2 Å². The van der Waals surface area contributed by atoms with Crippen molar-refractivity contribution >= 4 is 17.6 Å². The summed E-state index contributed by atoms with van der Waals surface area (Å²) >= 11 is 0. The Bertz CT molecular complexity index is 470. The largest absolute Gasteiger partial charge is 0.480 e. The topological polar surface area (TPSA) is 77.8 Å². The van der Waals surface area contributed by atoms with Crippen molar-refractivity contribution in [1.29, 1.82) is 0 Å². The van der Waals surface area contributed by atoms with Crippen LogP contribution in [-0.2, 0) is 11.2 Å². The summed E-state index contributed by atoms with van der Waals surface area (Å²) in [4.78, 5) is 23.5. The van der Waals surface area contributed by atoms with Gasteiger partial charge in [-0.2, -0.15) is 0 Å². The number of rotatable bonds is 3. The standard InChI is InChI=1S/C12H13NO4/c14-10(15)7-13-6-2-4-8-3-1-5-9(11(8)13)12(16)17/h1,3,5H,2,4,6-7H2,(H,14,15)(H,16,17). The highest BCUT2D eigenvalue weighted by Gasteiger charge is 2.24. The molecule has 0 aliphatic carbocycles.